The summed E-state index contributed by atoms with van der Waals surface area (Å²) in [5.74, 6) is -0.183. The second-order valence-electron chi connectivity index (χ2n) is 5.74. The molecule has 0 aromatic carbocycles. The van der Waals surface area contributed by atoms with E-state index in [2.05, 4.69) is 9.97 Å². The molecule has 0 spiro atoms. The molecule has 0 atom stereocenters. The molecule has 1 aliphatic rings. The minimum absolute atomic E-state index is 0.170. The summed E-state index contributed by atoms with van der Waals surface area (Å²) in [5, 5.41) is 0. The van der Waals surface area contributed by atoms with E-state index in [0.717, 1.165) is 12.4 Å². The minimum Gasteiger partial charge on any atom is -0.339 e. The first-order valence-electron chi connectivity index (χ1n) is 8.48. The van der Waals surface area contributed by atoms with E-state index in [-0.39, 0.29) is 31.2 Å². The molecule has 0 aliphatic carbocycles. The molecule has 1 fully saturated rings. The van der Waals surface area contributed by atoms with E-state index in [9.17, 15) is 22.5 Å². The van der Waals surface area contributed by atoms with E-state index in [0.29, 0.717) is 26.2 Å². The zero-order valence-electron chi connectivity index (χ0n) is 15.1. The van der Waals surface area contributed by atoms with E-state index in [1.807, 2.05) is 0 Å². The molecule has 1 aromatic rings. The Morgan fingerprint density at radius 1 is 1.11 bits per heavy atom. The number of alkyl halides is 3. The number of anilines is 1. The zero-order chi connectivity index (χ0) is 20.1. The van der Waals surface area contributed by atoms with Crippen molar-refractivity contribution in [3.63, 3.8) is 0 Å². The Bertz CT molecular complexity index is 669. The number of piperazine rings is 1. The molecular formula is C15H22F3N4O4P. The summed E-state index contributed by atoms with van der Waals surface area (Å²) in [5.41, 5.74) is -0.914. The van der Waals surface area contributed by atoms with Crippen molar-refractivity contribution in [1.82, 2.24) is 14.9 Å². The van der Waals surface area contributed by atoms with Gasteiger partial charge in [0.15, 0.2) is 0 Å². The molecule has 0 bridgehead atoms. The third-order valence-electron chi connectivity index (χ3n) is 3.86. The molecule has 2 heterocycles. The first kappa shape index (κ1) is 21.6. The second-order valence-corrected chi connectivity index (χ2v) is 7.80. The lowest BCUT2D eigenvalue weighted by molar-refractivity contribution is -0.138. The second kappa shape index (κ2) is 8.99. The first-order valence-corrected chi connectivity index (χ1v) is 10.2. The zero-order valence-corrected chi connectivity index (χ0v) is 16.0. The summed E-state index contributed by atoms with van der Waals surface area (Å²) in [7, 11) is -3.47. The fraction of sp³-hybridized carbons (Fsp3) is 0.667. The fourth-order valence-electron chi connectivity index (χ4n) is 2.57. The van der Waals surface area contributed by atoms with Crippen molar-refractivity contribution >= 4 is 19.5 Å². The third kappa shape index (κ3) is 5.88. The Morgan fingerprint density at radius 3 is 2.07 bits per heavy atom. The minimum atomic E-state index is -4.49. The smallest absolute Gasteiger partial charge is 0.339 e. The van der Waals surface area contributed by atoms with Crippen molar-refractivity contribution < 1.29 is 31.6 Å². The van der Waals surface area contributed by atoms with E-state index >= 15 is 0 Å². The number of hydrogen-bond donors (Lipinski definition) is 0. The molecule has 27 heavy (non-hydrogen) atoms. The normalized spacial score (nSPS) is 15.9. The number of aromatic nitrogens is 2. The van der Waals surface area contributed by atoms with Gasteiger partial charge in [-0.3, -0.25) is 9.36 Å². The SMILES string of the molecule is CCOP(=O)(CC(=O)N1CCN(c2ncc(C(F)(F)F)cn2)CC1)OCC. The standard InChI is InChI=1S/C15H22F3N4O4P/c1-3-25-27(24,26-4-2)11-13(23)21-5-7-22(8-6-21)14-19-9-12(10-20-14)15(16,17)18/h9-10H,3-8,11H2,1-2H3. The number of halogens is 3. The van der Waals surface area contributed by atoms with Gasteiger partial charge in [0.1, 0.15) is 6.16 Å². The maximum atomic E-state index is 12.6. The summed E-state index contributed by atoms with van der Waals surface area (Å²) >= 11 is 0. The van der Waals surface area contributed by atoms with Crippen LogP contribution in [0.4, 0.5) is 19.1 Å². The number of amides is 1. The van der Waals surface area contributed by atoms with Gasteiger partial charge in [-0.15, -0.1) is 0 Å². The van der Waals surface area contributed by atoms with Crippen molar-refractivity contribution in [2.45, 2.75) is 20.0 Å². The van der Waals surface area contributed by atoms with Crippen LogP contribution in [-0.4, -0.2) is 66.3 Å². The molecule has 1 saturated heterocycles. The molecule has 0 radical (unpaired) electrons. The largest absolute Gasteiger partial charge is 0.419 e. The summed E-state index contributed by atoms with van der Waals surface area (Å²) < 4.78 is 60.4. The fourth-order valence-corrected chi connectivity index (χ4v) is 4.15. The van der Waals surface area contributed by atoms with Gasteiger partial charge in [0.05, 0.1) is 18.8 Å². The molecule has 8 nitrogen and oxygen atoms in total. The van der Waals surface area contributed by atoms with E-state index in [1.54, 1.807) is 18.7 Å². The lowest BCUT2D eigenvalue weighted by Gasteiger charge is -2.35. The van der Waals surface area contributed by atoms with Gasteiger partial charge in [0, 0.05) is 38.6 Å². The number of carbonyl (C=O) groups excluding carboxylic acids is 1. The van der Waals surface area contributed by atoms with Crippen LogP contribution in [0.1, 0.15) is 19.4 Å². The van der Waals surface area contributed by atoms with E-state index in [4.69, 9.17) is 9.05 Å². The number of carbonyl (C=O) groups is 1. The van der Waals surface area contributed by atoms with Crippen LogP contribution in [0.15, 0.2) is 12.4 Å². The molecule has 2 rings (SSSR count). The Balaban J connectivity index is 1.92. The predicted molar refractivity (Wildman–Crippen MR) is 91.6 cm³/mol. The van der Waals surface area contributed by atoms with Gasteiger partial charge in [-0.1, -0.05) is 0 Å². The molecule has 0 saturated carbocycles. The van der Waals surface area contributed by atoms with Crippen molar-refractivity contribution in [2.75, 3.05) is 50.5 Å². The maximum Gasteiger partial charge on any atom is 0.419 e. The molecule has 152 valence electrons. The highest BCUT2D eigenvalue weighted by Crippen LogP contribution is 2.48. The molecule has 12 heteroatoms. The van der Waals surface area contributed by atoms with Crippen molar-refractivity contribution in [2.24, 2.45) is 0 Å². The average molecular weight is 410 g/mol. The number of nitrogens with zero attached hydrogens (tertiary/aromatic N) is 4. The molecule has 1 aliphatic heterocycles. The van der Waals surface area contributed by atoms with Crippen LogP contribution in [0.2, 0.25) is 0 Å². The molecule has 0 unspecified atom stereocenters. The van der Waals surface area contributed by atoms with Gasteiger partial charge in [-0.05, 0) is 13.8 Å². The van der Waals surface area contributed by atoms with Gasteiger partial charge in [-0.25, -0.2) is 9.97 Å². The van der Waals surface area contributed by atoms with Crippen LogP contribution >= 0.6 is 7.60 Å². The topological polar surface area (TPSA) is 84.9 Å². The van der Waals surface area contributed by atoms with Gasteiger partial charge in [0.2, 0.25) is 11.9 Å². The molecule has 0 N–H and O–H groups in total. The monoisotopic (exact) mass is 410 g/mol. The van der Waals surface area contributed by atoms with Crippen LogP contribution in [0.5, 0.6) is 0 Å². The third-order valence-corrected chi connectivity index (χ3v) is 5.82. The van der Waals surface area contributed by atoms with Crippen LogP contribution in [0.25, 0.3) is 0 Å². The predicted octanol–water partition coefficient (Wildman–Crippen LogP) is 2.41. The van der Waals surface area contributed by atoms with Gasteiger partial charge < -0.3 is 18.8 Å². The Hall–Kier alpha value is -1.71. The molecule has 1 amide bonds. The number of rotatable bonds is 7. The average Bonchev–Trinajstić information content (AvgIpc) is 2.61. The maximum absolute atomic E-state index is 12.6. The van der Waals surface area contributed by atoms with Crippen LogP contribution in [0.3, 0.4) is 0 Å². The lowest BCUT2D eigenvalue weighted by Crippen LogP contribution is -2.50. The Labute approximate surface area is 155 Å². The van der Waals surface area contributed by atoms with Gasteiger partial charge >= 0.3 is 13.8 Å². The number of hydrogen-bond acceptors (Lipinski definition) is 7. The summed E-state index contributed by atoms with van der Waals surface area (Å²) in [4.78, 5) is 23.1. The highest BCUT2D eigenvalue weighted by Gasteiger charge is 2.33. The first-order chi connectivity index (χ1) is 12.7. The van der Waals surface area contributed by atoms with E-state index in [1.165, 1.54) is 4.90 Å². The van der Waals surface area contributed by atoms with Crippen molar-refractivity contribution in [3.05, 3.63) is 18.0 Å². The van der Waals surface area contributed by atoms with Gasteiger partial charge in [-0.2, -0.15) is 13.2 Å². The van der Waals surface area contributed by atoms with E-state index < -0.39 is 19.3 Å². The summed E-state index contributed by atoms with van der Waals surface area (Å²) in [6.45, 7) is 4.99. The van der Waals surface area contributed by atoms with Gasteiger partial charge in [0.25, 0.3) is 0 Å². The summed E-state index contributed by atoms with van der Waals surface area (Å²) in [6, 6.07) is 0. The van der Waals surface area contributed by atoms with Crippen molar-refractivity contribution in [3.8, 4) is 0 Å². The van der Waals surface area contributed by atoms with Crippen LogP contribution in [0, 0.1) is 0 Å². The Kier molecular flexibility index (Phi) is 7.19. The van der Waals surface area contributed by atoms with Crippen LogP contribution in [-0.2, 0) is 24.6 Å². The lowest BCUT2D eigenvalue weighted by atomic mass is 10.3. The van der Waals surface area contributed by atoms with Crippen molar-refractivity contribution in [1.29, 1.82) is 0 Å². The molecule has 1 aromatic heterocycles. The Morgan fingerprint density at radius 2 is 1.63 bits per heavy atom. The highest BCUT2D eigenvalue weighted by atomic mass is 31.2. The highest BCUT2D eigenvalue weighted by molar-refractivity contribution is 7.54. The van der Waals surface area contributed by atoms with Crippen LogP contribution < -0.4 is 4.90 Å². The quantitative estimate of drug-likeness (QED) is 0.638. The molecular weight excluding hydrogens is 388 g/mol. The summed E-state index contributed by atoms with van der Waals surface area (Å²) in [6.07, 6.45) is -3.36.